The van der Waals surface area contributed by atoms with Crippen molar-refractivity contribution in [1.29, 1.82) is 0 Å². The fourth-order valence-corrected chi connectivity index (χ4v) is 1.57. The molecule has 0 bridgehead atoms. The molecule has 0 saturated carbocycles. The van der Waals surface area contributed by atoms with Crippen molar-refractivity contribution in [3.63, 3.8) is 0 Å². The Labute approximate surface area is 78.3 Å². The van der Waals surface area contributed by atoms with Crippen LogP contribution in [0.25, 0.3) is 0 Å². The van der Waals surface area contributed by atoms with Crippen LogP contribution in [0.2, 0.25) is 0 Å². The summed E-state index contributed by atoms with van der Waals surface area (Å²) in [5.74, 6) is 0.0392. The Kier molecular flexibility index (Phi) is 4.11. The van der Waals surface area contributed by atoms with Gasteiger partial charge in [-0.1, -0.05) is 0 Å². The van der Waals surface area contributed by atoms with E-state index in [-0.39, 0.29) is 11.9 Å². The van der Waals surface area contributed by atoms with E-state index in [0.29, 0.717) is 26.2 Å². The van der Waals surface area contributed by atoms with E-state index in [1.807, 2.05) is 0 Å². The summed E-state index contributed by atoms with van der Waals surface area (Å²) in [6.45, 7) is 1.91. The third-order valence-corrected chi connectivity index (χ3v) is 2.64. The molecular weight excluding hydrogens is 194 g/mol. The van der Waals surface area contributed by atoms with Crippen molar-refractivity contribution >= 4 is 10.0 Å². The van der Waals surface area contributed by atoms with Gasteiger partial charge in [0.05, 0.1) is 19.0 Å². The highest BCUT2D eigenvalue weighted by atomic mass is 32.2. The van der Waals surface area contributed by atoms with Crippen LogP contribution in [0.4, 0.5) is 0 Å². The van der Waals surface area contributed by atoms with Crippen molar-refractivity contribution in [3.8, 4) is 0 Å². The molecule has 0 aromatic carbocycles. The molecule has 1 rings (SSSR count). The summed E-state index contributed by atoms with van der Waals surface area (Å²) >= 11 is 0. The van der Waals surface area contributed by atoms with Gasteiger partial charge in [0.15, 0.2) is 0 Å². The fraction of sp³-hybridized carbons (Fsp3) is 1.00. The Morgan fingerprint density at radius 3 is 2.54 bits per heavy atom. The number of sulfonamides is 1. The SMILES string of the molecule is NS(=O)(=O)CCCCOC1COC1. The highest BCUT2D eigenvalue weighted by molar-refractivity contribution is 7.89. The lowest BCUT2D eigenvalue weighted by molar-refractivity contribution is -0.129. The van der Waals surface area contributed by atoms with Crippen LogP contribution in [0.1, 0.15) is 12.8 Å². The third kappa shape index (κ3) is 5.20. The van der Waals surface area contributed by atoms with Gasteiger partial charge >= 0.3 is 0 Å². The first kappa shape index (κ1) is 10.9. The smallest absolute Gasteiger partial charge is 0.209 e. The Balaban J connectivity index is 1.89. The zero-order valence-electron chi connectivity index (χ0n) is 7.44. The molecule has 6 heteroatoms. The summed E-state index contributed by atoms with van der Waals surface area (Å²) in [6.07, 6.45) is 1.51. The fourth-order valence-electron chi connectivity index (χ4n) is 0.966. The molecule has 1 saturated heterocycles. The van der Waals surface area contributed by atoms with E-state index in [4.69, 9.17) is 14.6 Å². The number of rotatable bonds is 6. The van der Waals surface area contributed by atoms with Crippen LogP contribution in [0.15, 0.2) is 0 Å². The van der Waals surface area contributed by atoms with Crippen molar-refractivity contribution in [3.05, 3.63) is 0 Å². The number of hydrogen-bond acceptors (Lipinski definition) is 4. The summed E-state index contributed by atoms with van der Waals surface area (Å²) in [6, 6.07) is 0. The quantitative estimate of drug-likeness (QED) is 0.596. The molecule has 13 heavy (non-hydrogen) atoms. The van der Waals surface area contributed by atoms with E-state index in [1.54, 1.807) is 0 Å². The van der Waals surface area contributed by atoms with Gasteiger partial charge in [-0.25, -0.2) is 13.6 Å². The van der Waals surface area contributed by atoms with Gasteiger partial charge in [0, 0.05) is 6.61 Å². The minimum absolute atomic E-state index is 0.0392. The summed E-state index contributed by atoms with van der Waals surface area (Å²) in [5, 5.41) is 4.83. The molecule has 5 nitrogen and oxygen atoms in total. The molecule has 0 unspecified atom stereocenters. The van der Waals surface area contributed by atoms with Crippen LogP contribution in [0.3, 0.4) is 0 Å². The molecule has 0 amide bonds. The van der Waals surface area contributed by atoms with Gasteiger partial charge in [-0.3, -0.25) is 0 Å². The van der Waals surface area contributed by atoms with Gasteiger partial charge < -0.3 is 9.47 Å². The van der Waals surface area contributed by atoms with Gasteiger partial charge in [0.1, 0.15) is 6.10 Å². The summed E-state index contributed by atoms with van der Waals surface area (Å²) in [5.41, 5.74) is 0. The minimum atomic E-state index is -3.30. The highest BCUT2D eigenvalue weighted by Gasteiger charge is 2.18. The number of nitrogens with two attached hydrogens (primary N) is 1. The van der Waals surface area contributed by atoms with Crippen molar-refractivity contribution in [1.82, 2.24) is 0 Å². The molecule has 1 aliphatic heterocycles. The minimum Gasteiger partial charge on any atom is -0.376 e. The van der Waals surface area contributed by atoms with Crippen LogP contribution in [0, 0.1) is 0 Å². The number of ether oxygens (including phenoxy) is 2. The maximum Gasteiger partial charge on any atom is 0.209 e. The van der Waals surface area contributed by atoms with Gasteiger partial charge in [-0.15, -0.1) is 0 Å². The number of hydrogen-bond donors (Lipinski definition) is 1. The van der Waals surface area contributed by atoms with Crippen LogP contribution in [0.5, 0.6) is 0 Å². The predicted molar refractivity (Wildman–Crippen MR) is 47.8 cm³/mol. The predicted octanol–water partition coefficient (Wildman–Crippen LogP) is -0.529. The summed E-state index contributed by atoms with van der Waals surface area (Å²) in [7, 11) is -3.30. The van der Waals surface area contributed by atoms with Crippen molar-refractivity contribution in [2.45, 2.75) is 18.9 Å². The van der Waals surface area contributed by atoms with E-state index < -0.39 is 10.0 Å². The lowest BCUT2D eigenvalue weighted by Gasteiger charge is -2.25. The number of unbranched alkanes of at least 4 members (excludes halogenated alkanes) is 1. The zero-order valence-corrected chi connectivity index (χ0v) is 8.26. The number of primary sulfonamides is 1. The Morgan fingerprint density at radius 1 is 1.38 bits per heavy atom. The molecule has 1 aliphatic rings. The zero-order chi connectivity index (χ0) is 9.73. The molecule has 0 aliphatic carbocycles. The summed E-state index contributed by atoms with van der Waals surface area (Å²) in [4.78, 5) is 0. The first-order valence-corrected chi connectivity index (χ1v) is 5.99. The average molecular weight is 209 g/mol. The van der Waals surface area contributed by atoms with Crippen LogP contribution in [-0.2, 0) is 19.5 Å². The average Bonchev–Trinajstić information content (AvgIpc) is 1.90. The second-order valence-electron chi connectivity index (χ2n) is 3.10. The molecule has 2 N–H and O–H groups in total. The maximum absolute atomic E-state index is 10.5. The van der Waals surface area contributed by atoms with Crippen LogP contribution in [-0.4, -0.2) is 40.1 Å². The topological polar surface area (TPSA) is 78.6 Å². The van der Waals surface area contributed by atoms with E-state index in [2.05, 4.69) is 0 Å². The van der Waals surface area contributed by atoms with E-state index in [1.165, 1.54) is 0 Å². The van der Waals surface area contributed by atoms with Crippen LogP contribution >= 0.6 is 0 Å². The van der Waals surface area contributed by atoms with E-state index in [9.17, 15) is 8.42 Å². The van der Waals surface area contributed by atoms with Gasteiger partial charge in [0.2, 0.25) is 10.0 Å². The molecule has 0 aromatic rings. The molecule has 1 heterocycles. The molecule has 0 radical (unpaired) electrons. The molecule has 0 atom stereocenters. The van der Waals surface area contributed by atoms with Crippen molar-refractivity contribution in [2.24, 2.45) is 5.14 Å². The van der Waals surface area contributed by atoms with Gasteiger partial charge in [-0.05, 0) is 12.8 Å². The van der Waals surface area contributed by atoms with Gasteiger partial charge in [-0.2, -0.15) is 0 Å². The molecule has 78 valence electrons. The standard InChI is InChI=1S/C7H15NO4S/c8-13(9,10)4-2-1-3-12-7-5-11-6-7/h7H,1-6H2,(H2,8,9,10). The van der Waals surface area contributed by atoms with E-state index in [0.717, 1.165) is 6.42 Å². The van der Waals surface area contributed by atoms with Crippen LogP contribution < -0.4 is 5.14 Å². The lowest BCUT2D eigenvalue weighted by atomic mass is 10.3. The largest absolute Gasteiger partial charge is 0.376 e. The molecule has 1 fully saturated rings. The van der Waals surface area contributed by atoms with Crippen molar-refractivity contribution in [2.75, 3.05) is 25.6 Å². The monoisotopic (exact) mass is 209 g/mol. The maximum atomic E-state index is 10.5. The second kappa shape index (κ2) is 4.90. The molecule has 0 spiro atoms. The normalized spacial score (nSPS) is 18.5. The Morgan fingerprint density at radius 2 is 2.08 bits per heavy atom. The Hall–Kier alpha value is -0.170. The van der Waals surface area contributed by atoms with Gasteiger partial charge in [0.25, 0.3) is 0 Å². The van der Waals surface area contributed by atoms with E-state index >= 15 is 0 Å². The molecular formula is C7H15NO4S. The molecule has 0 aromatic heterocycles. The lowest BCUT2D eigenvalue weighted by Crippen LogP contribution is -2.36. The second-order valence-corrected chi connectivity index (χ2v) is 4.84. The Bertz CT molecular complexity index is 235. The highest BCUT2D eigenvalue weighted by Crippen LogP contribution is 2.06. The summed E-state index contributed by atoms with van der Waals surface area (Å²) < 4.78 is 31.3. The first-order chi connectivity index (χ1) is 6.08. The third-order valence-electron chi connectivity index (χ3n) is 1.78. The first-order valence-electron chi connectivity index (χ1n) is 4.28. The van der Waals surface area contributed by atoms with Crippen molar-refractivity contribution < 1.29 is 17.9 Å².